The van der Waals surface area contributed by atoms with E-state index in [-0.39, 0.29) is 12.2 Å². The highest BCUT2D eigenvalue weighted by atomic mass is 19.4. The SMILES string of the molecule is Cn1cc(C(O)CNc2ccc([N+](=O)[O-])cc2C(F)(F)F)cn1. The number of nitro groups is 1. The van der Waals surface area contributed by atoms with Crippen LogP contribution in [0.25, 0.3) is 0 Å². The first-order chi connectivity index (χ1) is 10.7. The number of benzene rings is 1. The molecule has 0 fully saturated rings. The van der Waals surface area contributed by atoms with Gasteiger partial charge in [-0.2, -0.15) is 18.3 Å². The van der Waals surface area contributed by atoms with Crippen LogP contribution in [0.2, 0.25) is 0 Å². The summed E-state index contributed by atoms with van der Waals surface area (Å²) in [6, 6.07) is 2.39. The van der Waals surface area contributed by atoms with Crippen LogP contribution in [0.1, 0.15) is 17.2 Å². The number of non-ortho nitro benzene ring substituents is 1. The summed E-state index contributed by atoms with van der Waals surface area (Å²) in [4.78, 5) is 9.71. The second kappa shape index (κ2) is 6.24. The third-order valence-electron chi connectivity index (χ3n) is 3.11. The van der Waals surface area contributed by atoms with Crippen LogP contribution in [0.15, 0.2) is 30.6 Å². The Labute approximate surface area is 128 Å². The first kappa shape index (κ1) is 16.7. The van der Waals surface area contributed by atoms with Crippen LogP contribution < -0.4 is 5.32 Å². The van der Waals surface area contributed by atoms with Gasteiger partial charge in [0.1, 0.15) is 0 Å². The Morgan fingerprint density at radius 2 is 2.17 bits per heavy atom. The zero-order valence-corrected chi connectivity index (χ0v) is 11.9. The lowest BCUT2D eigenvalue weighted by atomic mass is 10.1. The highest BCUT2D eigenvalue weighted by molar-refractivity contribution is 5.57. The number of hydrogen-bond donors (Lipinski definition) is 2. The van der Waals surface area contributed by atoms with Gasteiger partial charge in [0.15, 0.2) is 0 Å². The number of alkyl halides is 3. The Morgan fingerprint density at radius 3 is 2.70 bits per heavy atom. The molecular weight excluding hydrogens is 317 g/mol. The number of rotatable bonds is 5. The molecular formula is C13H13F3N4O3. The second-order valence-corrected chi connectivity index (χ2v) is 4.83. The van der Waals surface area contributed by atoms with Crippen molar-refractivity contribution in [1.82, 2.24) is 9.78 Å². The molecule has 1 atom stereocenters. The van der Waals surface area contributed by atoms with Crippen LogP contribution in [-0.4, -0.2) is 26.4 Å². The number of nitrogens with one attached hydrogen (secondary N) is 1. The van der Waals surface area contributed by atoms with Crippen molar-refractivity contribution in [2.75, 3.05) is 11.9 Å². The van der Waals surface area contributed by atoms with Gasteiger partial charge in [-0.15, -0.1) is 0 Å². The maximum absolute atomic E-state index is 13.0. The zero-order valence-electron chi connectivity index (χ0n) is 11.9. The van der Waals surface area contributed by atoms with Crippen LogP contribution in [0, 0.1) is 10.1 Å². The van der Waals surface area contributed by atoms with Crippen LogP contribution in [0.5, 0.6) is 0 Å². The lowest BCUT2D eigenvalue weighted by molar-refractivity contribution is -0.385. The molecule has 2 rings (SSSR count). The van der Waals surface area contributed by atoms with Gasteiger partial charge in [0.05, 0.1) is 22.8 Å². The van der Waals surface area contributed by atoms with Crippen LogP contribution in [-0.2, 0) is 13.2 Å². The van der Waals surface area contributed by atoms with Crippen LogP contribution >= 0.6 is 0 Å². The molecule has 23 heavy (non-hydrogen) atoms. The van der Waals surface area contributed by atoms with Gasteiger partial charge in [0, 0.05) is 43.2 Å². The smallest absolute Gasteiger partial charge is 0.386 e. The summed E-state index contributed by atoms with van der Waals surface area (Å²) in [6.07, 6.45) is -2.90. The Morgan fingerprint density at radius 1 is 1.48 bits per heavy atom. The summed E-state index contributed by atoms with van der Waals surface area (Å²) < 4.78 is 40.5. The number of anilines is 1. The fraction of sp³-hybridized carbons (Fsp3) is 0.308. The number of nitro benzene ring substituents is 1. The van der Waals surface area contributed by atoms with Crippen molar-refractivity contribution in [3.05, 3.63) is 51.8 Å². The maximum atomic E-state index is 13.0. The first-order valence-electron chi connectivity index (χ1n) is 6.44. The van der Waals surface area contributed by atoms with Crippen molar-refractivity contribution < 1.29 is 23.2 Å². The molecule has 0 aliphatic carbocycles. The quantitative estimate of drug-likeness (QED) is 0.649. The molecule has 1 aromatic heterocycles. The third kappa shape index (κ3) is 3.97. The minimum atomic E-state index is -4.76. The monoisotopic (exact) mass is 330 g/mol. The van der Waals surface area contributed by atoms with Crippen LogP contribution in [0.3, 0.4) is 0 Å². The Kier molecular flexibility index (Phi) is 4.55. The fourth-order valence-electron chi connectivity index (χ4n) is 1.97. The molecule has 0 radical (unpaired) electrons. The number of aliphatic hydroxyl groups is 1. The molecule has 0 amide bonds. The summed E-state index contributed by atoms with van der Waals surface area (Å²) in [5, 5.41) is 26.9. The number of hydrogen-bond acceptors (Lipinski definition) is 5. The van der Waals surface area contributed by atoms with E-state index in [0.717, 1.165) is 12.1 Å². The fourth-order valence-corrected chi connectivity index (χ4v) is 1.97. The average molecular weight is 330 g/mol. The molecule has 0 saturated heterocycles. The Hall–Kier alpha value is -2.62. The van der Waals surface area contributed by atoms with Crippen molar-refractivity contribution in [3.63, 3.8) is 0 Å². The van der Waals surface area contributed by atoms with Gasteiger partial charge < -0.3 is 10.4 Å². The van der Waals surface area contributed by atoms with Crippen molar-refractivity contribution in [2.24, 2.45) is 7.05 Å². The van der Waals surface area contributed by atoms with E-state index in [4.69, 9.17) is 0 Å². The van der Waals surface area contributed by atoms with Crippen molar-refractivity contribution in [1.29, 1.82) is 0 Å². The van der Waals surface area contributed by atoms with E-state index in [1.54, 1.807) is 7.05 Å². The Bertz CT molecular complexity index is 715. The van der Waals surface area contributed by atoms with E-state index in [1.165, 1.54) is 17.1 Å². The van der Waals surface area contributed by atoms with E-state index >= 15 is 0 Å². The standard InChI is InChI=1S/C13H13F3N4O3/c1-19-7-8(5-18-19)12(21)6-17-11-3-2-9(20(22)23)4-10(11)13(14,15)16/h2-5,7,12,17,21H,6H2,1H3. The van der Waals surface area contributed by atoms with E-state index in [0.29, 0.717) is 11.6 Å². The first-order valence-corrected chi connectivity index (χ1v) is 6.44. The Balaban J connectivity index is 2.20. The number of nitrogens with zero attached hydrogens (tertiary/aromatic N) is 3. The predicted molar refractivity (Wildman–Crippen MR) is 74.8 cm³/mol. The predicted octanol–water partition coefficient (Wildman–Crippen LogP) is 2.49. The lowest BCUT2D eigenvalue weighted by Crippen LogP contribution is -2.16. The van der Waals surface area contributed by atoms with Crippen molar-refractivity contribution in [3.8, 4) is 0 Å². The highest BCUT2D eigenvalue weighted by Gasteiger charge is 2.35. The molecule has 124 valence electrons. The lowest BCUT2D eigenvalue weighted by Gasteiger charge is -2.16. The second-order valence-electron chi connectivity index (χ2n) is 4.83. The third-order valence-corrected chi connectivity index (χ3v) is 3.11. The summed E-state index contributed by atoms with van der Waals surface area (Å²) in [5.74, 6) is 0. The van der Waals surface area contributed by atoms with Gasteiger partial charge in [0.25, 0.3) is 5.69 Å². The molecule has 1 aromatic carbocycles. The molecule has 2 aromatic rings. The number of aliphatic hydroxyl groups excluding tert-OH is 1. The number of halogens is 3. The molecule has 0 saturated carbocycles. The summed E-state index contributed by atoms with van der Waals surface area (Å²) in [7, 11) is 1.64. The topological polar surface area (TPSA) is 93.2 Å². The van der Waals surface area contributed by atoms with Gasteiger partial charge in [-0.25, -0.2) is 0 Å². The minimum absolute atomic E-state index is 0.202. The van der Waals surface area contributed by atoms with E-state index in [2.05, 4.69) is 10.4 Å². The molecule has 0 spiro atoms. The molecule has 1 heterocycles. The molecule has 2 N–H and O–H groups in total. The molecule has 10 heteroatoms. The van der Waals surface area contributed by atoms with E-state index < -0.39 is 28.5 Å². The minimum Gasteiger partial charge on any atom is -0.386 e. The average Bonchev–Trinajstić information content (AvgIpc) is 2.90. The van der Waals surface area contributed by atoms with Gasteiger partial charge in [0.2, 0.25) is 0 Å². The van der Waals surface area contributed by atoms with Crippen molar-refractivity contribution >= 4 is 11.4 Å². The van der Waals surface area contributed by atoms with E-state index in [1.807, 2.05) is 0 Å². The number of aryl methyl sites for hydroxylation is 1. The molecule has 0 bridgehead atoms. The van der Waals surface area contributed by atoms with Gasteiger partial charge in [-0.3, -0.25) is 14.8 Å². The molecule has 7 nitrogen and oxygen atoms in total. The van der Waals surface area contributed by atoms with Gasteiger partial charge in [-0.05, 0) is 6.07 Å². The summed E-state index contributed by atoms with van der Waals surface area (Å²) in [6.45, 7) is -0.202. The summed E-state index contributed by atoms with van der Waals surface area (Å²) >= 11 is 0. The molecule has 0 aliphatic heterocycles. The largest absolute Gasteiger partial charge is 0.418 e. The normalized spacial score (nSPS) is 12.9. The van der Waals surface area contributed by atoms with Gasteiger partial charge >= 0.3 is 6.18 Å². The molecule has 1 unspecified atom stereocenters. The summed E-state index contributed by atoms with van der Waals surface area (Å²) in [5.41, 5.74) is -1.72. The highest BCUT2D eigenvalue weighted by Crippen LogP contribution is 2.37. The van der Waals surface area contributed by atoms with Crippen molar-refractivity contribution in [2.45, 2.75) is 12.3 Å². The van der Waals surface area contributed by atoms with Gasteiger partial charge in [-0.1, -0.05) is 0 Å². The zero-order chi connectivity index (χ0) is 17.2. The van der Waals surface area contributed by atoms with Crippen LogP contribution in [0.4, 0.5) is 24.5 Å². The van der Waals surface area contributed by atoms with E-state index in [9.17, 15) is 28.4 Å². The maximum Gasteiger partial charge on any atom is 0.418 e. The molecule has 0 aliphatic rings. The number of aromatic nitrogens is 2.